The van der Waals surface area contributed by atoms with Gasteiger partial charge in [-0.05, 0) is 63.1 Å². The van der Waals surface area contributed by atoms with Gasteiger partial charge in [-0.1, -0.05) is 35.9 Å². The quantitative estimate of drug-likeness (QED) is 0.509. The fourth-order valence-corrected chi connectivity index (χ4v) is 4.08. The molecule has 2 heterocycles. The largest absolute Gasteiger partial charge is 0.325 e. The van der Waals surface area contributed by atoms with Crippen molar-refractivity contribution in [3.8, 4) is 0 Å². The summed E-state index contributed by atoms with van der Waals surface area (Å²) in [5, 5.41) is 11.2. The van der Waals surface area contributed by atoms with Gasteiger partial charge >= 0.3 is 0 Å². The van der Waals surface area contributed by atoms with Crippen molar-refractivity contribution >= 4 is 35.6 Å². The molecule has 0 radical (unpaired) electrons. The van der Waals surface area contributed by atoms with Gasteiger partial charge < -0.3 is 5.32 Å². The summed E-state index contributed by atoms with van der Waals surface area (Å²) in [7, 11) is 0. The first kappa shape index (κ1) is 24.2. The number of hydrogen-bond donors (Lipinski definition) is 2. The molecule has 2 N–H and O–H groups in total. The Kier molecular flexibility index (Phi) is 7.28. The highest BCUT2D eigenvalue weighted by atomic mass is 35.5. The van der Waals surface area contributed by atoms with Gasteiger partial charge in [-0.25, -0.2) is 4.39 Å². The molecule has 1 amide bonds. The van der Waals surface area contributed by atoms with Crippen LogP contribution in [-0.2, 0) is 10.3 Å². The molecule has 3 atom stereocenters. The first-order valence-electron chi connectivity index (χ1n) is 10.4. The lowest BCUT2D eigenvalue weighted by Gasteiger charge is -2.21. The Morgan fingerprint density at radius 1 is 1.19 bits per heavy atom. The van der Waals surface area contributed by atoms with Crippen molar-refractivity contribution in [3.05, 3.63) is 82.9 Å². The normalized spacial score (nSPS) is 20.6. The van der Waals surface area contributed by atoms with Crippen molar-refractivity contribution in [1.82, 2.24) is 15.1 Å². The van der Waals surface area contributed by atoms with E-state index >= 15 is 0 Å². The van der Waals surface area contributed by atoms with Crippen LogP contribution >= 0.6 is 24.0 Å². The molecule has 32 heavy (non-hydrogen) atoms. The average Bonchev–Trinajstić information content (AvgIpc) is 3.38. The van der Waals surface area contributed by atoms with Gasteiger partial charge in [0, 0.05) is 23.8 Å². The minimum atomic E-state index is -0.475. The molecular weight excluding hydrogens is 450 g/mol. The number of halogens is 3. The SMILES string of the molecule is CC(C)(C)n1ccc(C2C[C@@H](C(=O)Nc3ccccc3)N[C@H]2c2ccc(Cl)c(F)c2)n1.Cl. The van der Waals surface area contributed by atoms with Crippen LogP contribution in [0.15, 0.2) is 60.8 Å². The fraction of sp³-hybridized carbons (Fsp3) is 0.333. The number of benzene rings is 2. The van der Waals surface area contributed by atoms with E-state index < -0.39 is 11.9 Å². The Morgan fingerprint density at radius 2 is 1.91 bits per heavy atom. The molecule has 1 fully saturated rings. The van der Waals surface area contributed by atoms with Gasteiger partial charge in [0.2, 0.25) is 5.91 Å². The number of rotatable bonds is 4. The fourth-order valence-electron chi connectivity index (χ4n) is 3.96. The van der Waals surface area contributed by atoms with E-state index in [4.69, 9.17) is 16.7 Å². The molecule has 0 aliphatic carbocycles. The summed E-state index contributed by atoms with van der Waals surface area (Å²) < 4.78 is 16.1. The molecule has 0 spiro atoms. The van der Waals surface area contributed by atoms with Gasteiger partial charge in [0.25, 0.3) is 0 Å². The second-order valence-electron chi connectivity index (χ2n) is 8.92. The summed E-state index contributed by atoms with van der Waals surface area (Å²) in [5.74, 6) is -0.684. The molecule has 170 valence electrons. The van der Waals surface area contributed by atoms with Crippen molar-refractivity contribution in [2.24, 2.45) is 0 Å². The number of carbonyl (C=O) groups is 1. The molecule has 1 unspecified atom stereocenters. The summed E-state index contributed by atoms with van der Waals surface area (Å²) in [4.78, 5) is 13.0. The van der Waals surface area contributed by atoms with Gasteiger partial charge in [-0.15, -0.1) is 12.4 Å². The molecule has 8 heteroatoms. The van der Waals surface area contributed by atoms with Crippen LogP contribution in [0.25, 0.3) is 0 Å². The molecule has 1 aliphatic heterocycles. The molecular formula is C24H27Cl2FN4O. The van der Waals surface area contributed by atoms with E-state index in [1.807, 2.05) is 47.3 Å². The molecule has 0 bridgehead atoms. The lowest BCUT2D eigenvalue weighted by atomic mass is 9.90. The van der Waals surface area contributed by atoms with Gasteiger partial charge in [0.15, 0.2) is 0 Å². The maximum Gasteiger partial charge on any atom is 0.241 e. The van der Waals surface area contributed by atoms with E-state index in [2.05, 4.69) is 31.4 Å². The number of hydrogen-bond acceptors (Lipinski definition) is 3. The molecule has 2 aromatic carbocycles. The van der Waals surface area contributed by atoms with E-state index in [-0.39, 0.29) is 40.8 Å². The van der Waals surface area contributed by atoms with Crippen molar-refractivity contribution in [2.75, 3.05) is 5.32 Å². The Balaban J connectivity index is 0.00000289. The highest BCUT2D eigenvalue weighted by molar-refractivity contribution is 6.30. The van der Waals surface area contributed by atoms with Crippen molar-refractivity contribution in [1.29, 1.82) is 0 Å². The van der Waals surface area contributed by atoms with Gasteiger partial charge in [0.1, 0.15) is 5.82 Å². The third-order valence-electron chi connectivity index (χ3n) is 5.61. The summed E-state index contributed by atoms with van der Waals surface area (Å²) >= 11 is 5.89. The summed E-state index contributed by atoms with van der Waals surface area (Å²) in [6.45, 7) is 6.25. The number of amides is 1. The van der Waals surface area contributed by atoms with Crippen molar-refractivity contribution in [2.45, 2.75) is 50.7 Å². The van der Waals surface area contributed by atoms with E-state index in [9.17, 15) is 9.18 Å². The van der Waals surface area contributed by atoms with E-state index in [1.165, 1.54) is 6.07 Å². The van der Waals surface area contributed by atoms with Crippen LogP contribution in [0, 0.1) is 5.82 Å². The van der Waals surface area contributed by atoms with Crippen molar-refractivity contribution in [3.63, 3.8) is 0 Å². The first-order chi connectivity index (χ1) is 14.7. The molecule has 3 aromatic rings. The molecule has 1 aromatic heterocycles. The van der Waals surface area contributed by atoms with E-state index in [1.54, 1.807) is 12.1 Å². The highest BCUT2D eigenvalue weighted by Gasteiger charge is 2.40. The Labute approximate surface area is 198 Å². The maximum absolute atomic E-state index is 14.2. The zero-order valence-electron chi connectivity index (χ0n) is 18.2. The smallest absolute Gasteiger partial charge is 0.241 e. The molecule has 4 rings (SSSR count). The lowest BCUT2D eigenvalue weighted by Crippen LogP contribution is -2.36. The first-order valence-corrected chi connectivity index (χ1v) is 10.7. The van der Waals surface area contributed by atoms with Gasteiger partial charge in [-0.2, -0.15) is 5.10 Å². The van der Waals surface area contributed by atoms with Crippen molar-refractivity contribution < 1.29 is 9.18 Å². The summed E-state index contributed by atoms with van der Waals surface area (Å²) in [6.07, 6.45) is 2.50. The Morgan fingerprint density at radius 3 is 2.53 bits per heavy atom. The zero-order valence-corrected chi connectivity index (χ0v) is 19.8. The highest BCUT2D eigenvalue weighted by Crippen LogP contribution is 2.41. The van der Waals surface area contributed by atoms with Gasteiger partial charge in [-0.3, -0.25) is 14.8 Å². The molecule has 1 saturated heterocycles. The van der Waals surface area contributed by atoms with Crippen LogP contribution in [-0.4, -0.2) is 21.7 Å². The summed E-state index contributed by atoms with van der Waals surface area (Å²) in [5.41, 5.74) is 2.20. The maximum atomic E-state index is 14.2. The third-order valence-corrected chi connectivity index (χ3v) is 5.92. The van der Waals surface area contributed by atoms with Crippen LogP contribution in [0.3, 0.4) is 0 Å². The molecule has 1 aliphatic rings. The predicted molar refractivity (Wildman–Crippen MR) is 128 cm³/mol. The number of carbonyl (C=O) groups excluding carboxylic acids is 1. The van der Waals surface area contributed by atoms with E-state index in [0.717, 1.165) is 16.9 Å². The topological polar surface area (TPSA) is 59.0 Å². The number of para-hydroxylation sites is 1. The average molecular weight is 477 g/mol. The van der Waals surface area contributed by atoms with Crippen LogP contribution in [0.1, 0.15) is 50.4 Å². The van der Waals surface area contributed by atoms with Gasteiger partial charge in [0.05, 0.1) is 22.3 Å². The third kappa shape index (κ3) is 5.14. The molecule has 5 nitrogen and oxygen atoms in total. The lowest BCUT2D eigenvalue weighted by molar-refractivity contribution is -0.117. The Bertz CT molecular complexity index is 1080. The predicted octanol–water partition coefficient (Wildman–Crippen LogP) is 5.68. The van der Waals surface area contributed by atoms with Crippen LogP contribution < -0.4 is 10.6 Å². The van der Waals surface area contributed by atoms with E-state index in [0.29, 0.717) is 6.42 Å². The standard InChI is InChI=1S/C24H26ClFN4O.ClH/c1-24(2,3)30-12-11-20(29-30)17-14-21(23(31)27-16-7-5-4-6-8-16)28-22(17)15-9-10-18(25)19(26)13-15;/h4-13,17,21-22,28H,14H2,1-3H3,(H,27,31);1H/t17?,21-,22-;/m0./s1. The zero-order chi connectivity index (χ0) is 22.2. The van der Waals surface area contributed by atoms with Crippen LogP contribution in [0.2, 0.25) is 5.02 Å². The Hall–Kier alpha value is -2.41. The second-order valence-corrected chi connectivity index (χ2v) is 9.33. The number of nitrogens with zero attached hydrogens (tertiary/aromatic N) is 2. The summed E-state index contributed by atoms with van der Waals surface area (Å²) in [6, 6.07) is 15.4. The second kappa shape index (κ2) is 9.61. The number of anilines is 1. The number of aromatic nitrogens is 2. The number of nitrogens with one attached hydrogen (secondary N) is 2. The van der Waals surface area contributed by atoms with Crippen LogP contribution in [0.4, 0.5) is 10.1 Å². The van der Waals surface area contributed by atoms with Crippen LogP contribution in [0.5, 0.6) is 0 Å². The monoisotopic (exact) mass is 476 g/mol. The minimum Gasteiger partial charge on any atom is -0.325 e. The molecule has 0 saturated carbocycles. The minimum absolute atomic E-state index is 0.